The molecule has 0 spiro atoms. The summed E-state index contributed by atoms with van der Waals surface area (Å²) in [7, 11) is 0. The quantitative estimate of drug-likeness (QED) is 0.822. The predicted molar refractivity (Wildman–Crippen MR) is 63.5 cm³/mol. The molecule has 2 nitrogen and oxygen atoms in total. The maximum atomic E-state index is 13.9. The van der Waals surface area contributed by atoms with Crippen molar-refractivity contribution < 1.29 is 8.78 Å². The van der Waals surface area contributed by atoms with Crippen molar-refractivity contribution in [1.29, 1.82) is 0 Å². The van der Waals surface area contributed by atoms with Crippen LogP contribution in [0.1, 0.15) is 11.1 Å². The fourth-order valence-corrected chi connectivity index (χ4v) is 1.64. The summed E-state index contributed by atoms with van der Waals surface area (Å²) in [6.45, 7) is 3.34. The highest BCUT2D eigenvalue weighted by atomic mass is 19.1. The van der Waals surface area contributed by atoms with Crippen molar-refractivity contribution in [2.24, 2.45) is 0 Å². The number of hydrogen-bond donors (Lipinski definition) is 1. The number of aromatic nitrogens is 1. The van der Waals surface area contributed by atoms with Crippen molar-refractivity contribution in [1.82, 2.24) is 4.98 Å². The van der Waals surface area contributed by atoms with Crippen LogP contribution >= 0.6 is 0 Å². The Morgan fingerprint density at radius 1 is 1.12 bits per heavy atom. The topological polar surface area (TPSA) is 38.9 Å². The van der Waals surface area contributed by atoms with Crippen LogP contribution in [0, 0.1) is 25.5 Å². The average Bonchev–Trinajstić information content (AvgIpc) is 2.29. The summed E-state index contributed by atoms with van der Waals surface area (Å²) in [5, 5.41) is 0. The summed E-state index contributed by atoms with van der Waals surface area (Å²) in [6.07, 6.45) is 1.38. The first-order valence-corrected chi connectivity index (χ1v) is 5.18. The molecule has 0 bridgehead atoms. The molecule has 0 saturated heterocycles. The van der Waals surface area contributed by atoms with Gasteiger partial charge in [0.1, 0.15) is 17.5 Å². The predicted octanol–water partition coefficient (Wildman–Crippen LogP) is 3.23. The van der Waals surface area contributed by atoms with Gasteiger partial charge in [-0.3, -0.25) is 0 Å². The number of benzene rings is 1. The fraction of sp³-hybridized carbons (Fsp3) is 0.154. The SMILES string of the molecule is Cc1cc(-c2c(F)ccc(C)c2F)cnc1N. The normalized spacial score (nSPS) is 10.6. The number of nitrogens with zero attached hydrogens (tertiary/aromatic N) is 1. The zero-order chi connectivity index (χ0) is 12.6. The number of anilines is 1. The summed E-state index contributed by atoms with van der Waals surface area (Å²) >= 11 is 0. The third kappa shape index (κ3) is 1.98. The van der Waals surface area contributed by atoms with Gasteiger partial charge in [-0.25, -0.2) is 13.8 Å². The third-order valence-electron chi connectivity index (χ3n) is 2.69. The van der Waals surface area contributed by atoms with Crippen molar-refractivity contribution in [2.75, 3.05) is 5.73 Å². The zero-order valence-corrected chi connectivity index (χ0v) is 9.59. The molecular weight excluding hydrogens is 222 g/mol. The molecule has 1 aromatic carbocycles. The van der Waals surface area contributed by atoms with Crippen LogP contribution in [-0.4, -0.2) is 4.98 Å². The van der Waals surface area contributed by atoms with E-state index in [0.29, 0.717) is 22.5 Å². The Hall–Kier alpha value is -1.97. The van der Waals surface area contributed by atoms with Gasteiger partial charge in [-0.15, -0.1) is 0 Å². The Bertz CT molecular complexity index is 580. The molecule has 0 aliphatic carbocycles. The van der Waals surface area contributed by atoms with Crippen LogP contribution in [0.15, 0.2) is 24.4 Å². The molecule has 0 aliphatic heterocycles. The Morgan fingerprint density at radius 3 is 2.47 bits per heavy atom. The van der Waals surface area contributed by atoms with E-state index in [4.69, 9.17) is 5.73 Å². The molecule has 17 heavy (non-hydrogen) atoms. The fourth-order valence-electron chi connectivity index (χ4n) is 1.64. The first-order chi connectivity index (χ1) is 8.00. The van der Waals surface area contributed by atoms with Crippen molar-refractivity contribution >= 4 is 5.82 Å². The molecule has 0 fully saturated rings. The van der Waals surface area contributed by atoms with Crippen LogP contribution in [0.2, 0.25) is 0 Å². The molecule has 4 heteroatoms. The number of pyridine rings is 1. The number of halogens is 2. The summed E-state index contributed by atoms with van der Waals surface area (Å²) < 4.78 is 27.5. The Labute approximate surface area is 98.1 Å². The second-order valence-electron chi connectivity index (χ2n) is 3.98. The molecule has 88 valence electrons. The standard InChI is InChI=1S/C13H12F2N2/c1-7-3-4-10(14)11(12(7)15)9-5-8(2)13(16)17-6-9/h3-6H,1-2H3,(H2,16,17). The lowest BCUT2D eigenvalue weighted by Gasteiger charge is -2.08. The summed E-state index contributed by atoms with van der Waals surface area (Å²) in [6, 6.07) is 4.29. The summed E-state index contributed by atoms with van der Waals surface area (Å²) in [5.41, 5.74) is 7.01. The van der Waals surface area contributed by atoms with Crippen LogP contribution in [0.5, 0.6) is 0 Å². The highest BCUT2D eigenvalue weighted by molar-refractivity contribution is 5.67. The molecule has 1 aromatic heterocycles. The Kier molecular flexibility index (Phi) is 2.79. The molecule has 0 atom stereocenters. The molecule has 0 amide bonds. The Balaban J connectivity index is 2.68. The van der Waals surface area contributed by atoms with E-state index in [0.717, 1.165) is 0 Å². The van der Waals surface area contributed by atoms with Gasteiger partial charge in [0.2, 0.25) is 0 Å². The first kappa shape index (κ1) is 11.5. The number of nitrogen functional groups attached to an aromatic ring is 1. The molecule has 0 aliphatic rings. The zero-order valence-electron chi connectivity index (χ0n) is 9.59. The first-order valence-electron chi connectivity index (χ1n) is 5.18. The molecule has 0 saturated carbocycles. The lowest BCUT2D eigenvalue weighted by Crippen LogP contribution is -1.97. The minimum Gasteiger partial charge on any atom is -0.383 e. The number of nitrogens with two attached hydrogens (primary N) is 1. The van der Waals surface area contributed by atoms with E-state index < -0.39 is 11.6 Å². The number of aryl methyl sites for hydroxylation is 2. The van der Waals surface area contributed by atoms with Crippen molar-refractivity contribution in [2.45, 2.75) is 13.8 Å². The smallest absolute Gasteiger partial charge is 0.136 e. The maximum Gasteiger partial charge on any atom is 0.136 e. The van der Waals surface area contributed by atoms with Crippen LogP contribution in [0.3, 0.4) is 0 Å². The van der Waals surface area contributed by atoms with Gasteiger partial charge in [-0.1, -0.05) is 6.07 Å². The molecule has 1 heterocycles. The van der Waals surface area contributed by atoms with Crippen LogP contribution < -0.4 is 5.73 Å². The van der Waals surface area contributed by atoms with E-state index in [2.05, 4.69) is 4.98 Å². The minimum absolute atomic E-state index is 0.0550. The van der Waals surface area contributed by atoms with Gasteiger partial charge >= 0.3 is 0 Å². The molecule has 2 rings (SSSR count). The molecular formula is C13H12F2N2. The number of rotatable bonds is 1. The van der Waals surface area contributed by atoms with Crippen molar-refractivity contribution in [3.8, 4) is 11.1 Å². The highest BCUT2D eigenvalue weighted by Gasteiger charge is 2.14. The number of hydrogen-bond acceptors (Lipinski definition) is 2. The maximum absolute atomic E-state index is 13.9. The average molecular weight is 234 g/mol. The second-order valence-corrected chi connectivity index (χ2v) is 3.98. The lowest BCUT2D eigenvalue weighted by molar-refractivity contribution is 0.583. The monoisotopic (exact) mass is 234 g/mol. The Morgan fingerprint density at radius 2 is 1.82 bits per heavy atom. The van der Waals surface area contributed by atoms with E-state index in [1.807, 2.05) is 0 Å². The second kappa shape index (κ2) is 4.13. The molecule has 2 aromatic rings. The van der Waals surface area contributed by atoms with Crippen molar-refractivity contribution in [3.05, 3.63) is 47.2 Å². The third-order valence-corrected chi connectivity index (χ3v) is 2.69. The summed E-state index contributed by atoms with van der Waals surface area (Å²) in [5.74, 6) is -0.794. The van der Waals surface area contributed by atoms with E-state index in [9.17, 15) is 8.78 Å². The van der Waals surface area contributed by atoms with Gasteiger partial charge < -0.3 is 5.73 Å². The lowest BCUT2D eigenvalue weighted by atomic mass is 10.0. The van der Waals surface area contributed by atoms with Crippen LogP contribution in [-0.2, 0) is 0 Å². The molecule has 0 radical (unpaired) electrons. The van der Waals surface area contributed by atoms with E-state index in [1.54, 1.807) is 19.9 Å². The highest BCUT2D eigenvalue weighted by Crippen LogP contribution is 2.28. The van der Waals surface area contributed by atoms with E-state index in [1.165, 1.54) is 18.3 Å². The minimum atomic E-state index is -0.598. The van der Waals surface area contributed by atoms with Gasteiger partial charge in [0.25, 0.3) is 0 Å². The molecule has 2 N–H and O–H groups in total. The largest absolute Gasteiger partial charge is 0.383 e. The van der Waals surface area contributed by atoms with Crippen LogP contribution in [0.25, 0.3) is 11.1 Å². The van der Waals surface area contributed by atoms with E-state index in [-0.39, 0.29) is 5.56 Å². The summed E-state index contributed by atoms with van der Waals surface area (Å²) in [4.78, 5) is 3.91. The van der Waals surface area contributed by atoms with E-state index >= 15 is 0 Å². The van der Waals surface area contributed by atoms with Crippen molar-refractivity contribution in [3.63, 3.8) is 0 Å². The molecule has 0 unspecified atom stereocenters. The van der Waals surface area contributed by atoms with Gasteiger partial charge in [0.05, 0.1) is 5.56 Å². The van der Waals surface area contributed by atoms with Gasteiger partial charge in [0.15, 0.2) is 0 Å². The van der Waals surface area contributed by atoms with Crippen LogP contribution in [0.4, 0.5) is 14.6 Å². The van der Waals surface area contributed by atoms with Gasteiger partial charge in [-0.05, 0) is 37.1 Å². The van der Waals surface area contributed by atoms with Gasteiger partial charge in [-0.2, -0.15) is 0 Å². The van der Waals surface area contributed by atoms with Gasteiger partial charge in [0, 0.05) is 11.8 Å².